The van der Waals surface area contributed by atoms with Crippen LogP contribution in [0.25, 0.3) is 0 Å². The van der Waals surface area contributed by atoms with Crippen molar-refractivity contribution < 1.29 is 47.4 Å². The molecule has 24 nitrogen and oxygen atoms in total. The molecule has 1 unspecified atom stereocenters. The predicted molar refractivity (Wildman–Crippen MR) is 414 cm³/mol. The van der Waals surface area contributed by atoms with Gasteiger partial charge in [0.2, 0.25) is 0 Å². The van der Waals surface area contributed by atoms with Crippen LogP contribution in [0.15, 0.2) is 66.9 Å². The number of ether oxygens (including phenoxy) is 3. The molecule has 3 fully saturated rings. The second kappa shape index (κ2) is 33.6. The second-order valence-electron chi connectivity index (χ2n) is 29.8. The maximum absolute atomic E-state index is 14.4. The molecule has 0 radical (unpaired) electrons. The number of nitrogens with one attached hydrogen (secondary N) is 11. The summed E-state index contributed by atoms with van der Waals surface area (Å²) in [7, 11) is 4.03. The van der Waals surface area contributed by atoms with Gasteiger partial charge < -0.3 is 72.7 Å². The van der Waals surface area contributed by atoms with Gasteiger partial charge in [0.15, 0.2) is 11.0 Å². The van der Waals surface area contributed by atoms with Crippen molar-refractivity contribution in [1.82, 2.24) is 46.4 Å². The van der Waals surface area contributed by atoms with Crippen LogP contribution in [0.3, 0.4) is 0 Å². The predicted octanol–water partition coefficient (Wildman–Crippen LogP) is 12.4. The Balaban J connectivity index is 0.000000158. The summed E-state index contributed by atoms with van der Waals surface area (Å²) in [5, 5.41) is 37.6. The number of halogens is 3. The fourth-order valence-corrected chi connectivity index (χ4v) is 19.4. The van der Waals surface area contributed by atoms with Gasteiger partial charge in [0.05, 0.1) is 54.7 Å². The standard InChI is InChI=1S/C27H31N5O3S.C24H31ClFN5O3S.C24H32ClN5O3S/c1-35-27(34)23-20-11-13-28-15-22(20)36-26(23)31-25(33)21-10-5-12-29-24(21)30-19-9-6-14-32(17-19)16-18-7-3-2-4-8-18;1-23(2)9-12(10-24(3,4)31-23)28-19-14(8-15(26)18(25)29-19)20(32)30-21-17(22(33)34-5)13-6-7-27-11-16(13)35-21;1-23(2)10-13(11-24(3,4)30-23)27-19-15(6-7-17(25)28-19)20(31)29-21-18(22(32)33-5)14-8-9-26-12-16(14)34-21/h2-5,7-8,10,12,19,28H,6,9,11,13-17H2,1H3,(H,29,30)(H,31,33);8,12,27,31H,6-7,9-11H2,1-5H3,(H,28,29)(H,30,32);6-7,13,26,30H,8-12H2,1-5H3,(H,27,28)(H,29,31). The molecule has 6 aromatic heterocycles. The largest absolute Gasteiger partial charge is 0.465 e. The maximum atomic E-state index is 14.4. The van der Waals surface area contributed by atoms with E-state index in [1.165, 1.54) is 60.9 Å². The van der Waals surface area contributed by atoms with Crippen molar-refractivity contribution in [1.29, 1.82) is 0 Å². The number of hydrogen-bond donors (Lipinski definition) is 11. The molecule has 562 valence electrons. The van der Waals surface area contributed by atoms with Crippen molar-refractivity contribution in [3.8, 4) is 0 Å². The minimum Gasteiger partial charge on any atom is -0.465 e. The third kappa shape index (κ3) is 19.5. The number of rotatable bonds is 17. The summed E-state index contributed by atoms with van der Waals surface area (Å²) in [4.78, 5) is 96.4. The van der Waals surface area contributed by atoms with E-state index in [4.69, 9.17) is 37.4 Å². The van der Waals surface area contributed by atoms with Gasteiger partial charge in [-0.1, -0.05) is 53.5 Å². The van der Waals surface area contributed by atoms with Crippen molar-refractivity contribution >= 4 is 125 Å². The quantitative estimate of drug-likeness (QED) is 0.0229. The molecule has 30 heteroatoms. The van der Waals surface area contributed by atoms with E-state index < -0.39 is 29.6 Å². The molecule has 6 aliphatic rings. The molecule has 3 amide bonds. The minimum atomic E-state index is -0.795. The van der Waals surface area contributed by atoms with Gasteiger partial charge in [-0.15, -0.1) is 34.0 Å². The first-order chi connectivity index (χ1) is 50.0. The van der Waals surface area contributed by atoms with Gasteiger partial charge in [-0.05, 0) is 192 Å². The fourth-order valence-electron chi connectivity index (χ4n) is 15.5. The summed E-state index contributed by atoms with van der Waals surface area (Å²) < 4.78 is 29.5. The molecule has 1 atom stereocenters. The number of anilines is 6. The maximum Gasteiger partial charge on any atom is 0.341 e. The van der Waals surface area contributed by atoms with E-state index in [0.29, 0.717) is 92.1 Å². The van der Waals surface area contributed by atoms with Gasteiger partial charge in [0.25, 0.3) is 17.7 Å². The first-order valence-corrected chi connectivity index (χ1v) is 38.6. The monoisotopic (exact) mass is 1530 g/mol. The first-order valence-electron chi connectivity index (χ1n) is 35.4. The molecule has 0 aliphatic carbocycles. The van der Waals surface area contributed by atoms with Gasteiger partial charge in [-0.3, -0.25) is 19.3 Å². The number of aromatic nitrogens is 3. The van der Waals surface area contributed by atoms with Crippen LogP contribution in [0.4, 0.5) is 36.8 Å². The van der Waals surface area contributed by atoms with Crippen LogP contribution in [0, 0.1) is 5.82 Å². The van der Waals surface area contributed by atoms with Crippen molar-refractivity contribution in [3.05, 3.63) is 153 Å². The smallest absolute Gasteiger partial charge is 0.341 e. The SMILES string of the molecule is COC(=O)c1c(NC(=O)c2cc(F)c(Cl)nc2NC2CC(C)(C)NC(C)(C)C2)sc2c1CCNC2.COC(=O)c1c(NC(=O)c2ccc(Cl)nc2NC2CC(C)(C)NC(C)(C)C2)sc2c1CCNC2.COC(=O)c1c(NC(=O)c2cccnc2NC2CCCN(Cc3ccccc3)C2)sc2c1CCNC2. The van der Waals surface area contributed by atoms with Crippen molar-refractivity contribution in [3.63, 3.8) is 0 Å². The normalized spacial score (nSPS) is 18.7. The molecule has 13 rings (SSSR count). The lowest BCUT2D eigenvalue weighted by molar-refractivity contribution is 0.0591. The lowest BCUT2D eigenvalue weighted by Crippen LogP contribution is -2.60. The number of carbonyl (C=O) groups excluding carboxylic acids is 6. The third-order valence-corrected chi connectivity index (χ3v) is 23.0. The highest BCUT2D eigenvalue weighted by Gasteiger charge is 2.41. The number of piperidine rings is 3. The minimum absolute atomic E-state index is 0.0151. The Bertz CT molecular complexity index is 4340. The number of nitrogens with zero attached hydrogens (tertiary/aromatic N) is 4. The summed E-state index contributed by atoms with van der Waals surface area (Å²) in [6, 6.07) is 18.6. The summed E-state index contributed by atoms with van der Waals surface area (Å²) in [5.41, 5.74) is 5.74. The molecule has 0 bridgehead atoms. The van der Waals surface area contributed by atoms with E-state index in [-0.39, 0.29) is 68.6 Å². The molecular weight excluding hydrogens is 1440 g/mol. The van der Waals surface area contributed by atoms with Crippen molar-refractivity contribution in [2.24, 2.45) is 0 Å². The number of fused-ring (bicyclic) bond motifs is 3. The molecule has 12 heterocycles. The Hall–Kier alpha value is -7.74. The highest BCUT2D eigenvalue weighted by atomic mass is 35.5. The Morgan fingerprint density at radius 2 is 0.981 bits per heavy atom. The van der Waals surface area contributed by atoms with Crippen LogP contribution in [0.2, 0.25) is 10.3 Å². The molecule has 6 aliphatic heterocycles. The number of methoxy groups -OCH3 is 3. The number of carbonyl (C=O) groups is 6. The summed E-state index contributed by atoms with van der Waals surface area (Å²) in [5.74, 6) is -2.20. The zero-order chi connectivity index (χ0) is 75.1. The van der Waals surface area contributed by atoms with E-state index in [2.05, 4.69) is 158 Å². The first kappa shape index (κ1) is 78.3. The molecular formula is C75H94Cl2FN15O9S3. The number of likely N-dealkylation sites (tertiary alicyclic amines) is 1. The Labute approximate surface area is 634 Å². The van der Waals surface area contributed by atoms with Crippen LogP contribution < -0.4 is 58.5 Å². The van der Waals surface area contributed by atoms with Crippen LogP contribution in [0.1, 0.15) is 193 Å². The lowest BCUT2D eigenvalue weighted by atomic mass is 9.79. The van der Waals surface area contributed by atoms with E-state index in [1.54, 1.807) is 30.5 Å². The van der Waals surface area contributed by atoms with Crippen molar-refractivity contribution in [2.75, 3.05) is 86.0 Å². The second-order valence-corrected chi connectivity index (χ2v) is 33.9. The lowest BCUT2D eigenvalue weighted by Gasteiger charge is -2.46. The van der Waals surface area contributed by atoms with E-state index in [9.17, 15) is 33.2 Å². The van der Waals surface area contributed by atoms with Crippen LogP contribution >= 0.6 is 57.2 Å². The molecule has 0 spiro atoms. The zero-order valence-corrected chi connectivity index (χ0v) is 65.1. The van der Waals surface area contributed by atoms with E-state index in [1.807, 2.05) is 6.07 Å². The molecule has 3 saturated heterocycles. The Morgan fingerprint density at radius 3 is 1.44 bits per heavy atom. The van der Waals surface area contributed by atoms with Gasteiger partial charge in [-0.2, -0.15) is 0 Å². The zero-order valence-electron chi connectivity index (χ0n) is 61.1. The number of thiophene rings is 3. The highest BCUT2D eigenvalue weighted by molar-refractivity contribution is 7.17. The average Bonchev–Trinajstić information content (AvgIpc) is 1.43. The molecule has 1 aromatic carbocycles. The van der Waals surface area contributed by atoms with Crippen LogP contribution in [0.5, 0.6) is 0 Å². The topological polar surface area (TPSA) is 304 Å². The Morgan fingerprint density at radius 1 is 0.552 bits per heavy atom. The van der Waals surface area contributed by atoms with Crippen LogP contribution in [-0.2, 0) is 59.7 Å². The summed E-state index contributed by atoms with van der Waals surface area (Å²) in [6.45, 7) is 24.2. The average molecular weight is 1540 g/mol. The number of benzene rings is 1. The van der Waals surface area contributed by atoms with Gasteiger partial charge in [0.1, 0.15) is 37.6 Å². The Kier molecular flexibility index (Phi) is 25.1. The van der Waals surface area contributed by atoms with E-state index >= 15 is 0 Å². The fraction of sp³-hybridized carbons (Fsp3) is 0.480. The van der Waals surface area contributed by atoms with Gasteiger partial charge >= 0.3 is 17.9 Å². The molecule has 0 saturated carbocycles. The van der Waals surface area contributed by atoms with Crippen LogP contribution in [-0.4, -0.2) is 150 Å². The molecule has 7 aromatic rings. The summed E-state index contributed by atoms with van der Waals surface area (Å²) in [6.07, 6.45) is 9.14. The number of pyridine rings is 3. The number of hydrogen-bond acceptors (Lipinski definition) is 24. The van der Waals surface area contributed by atoms with Gasteiger partial charge in [0, 0.05) is 93.8 Å². The van der Waals surface area contributed by atoms with E-state index in [0.717, 1.165) is 122 Å². The van der Waals surface area contributed by atoms with Crippen molar-refractivity contribution in [2.45, 2.75) is 180 Å². The number of amides is 3. The molecule has 105 heavy (non-hydrogen) atoms. The number of esters is 3. The van der Waals surface area contributed by atoms with Gasteiger partial charge in [-0.25, -0.2) is 33.7 Å². The summed E-state index contributed by atoms with van der Waals surface area (Å²) >= 11 is 16.3. The third-order valence-electron chi connectivity index (χ3n) is 19.1. The molecule has 11 N–H and O–H groups in total. The highest BCUT2D eigenvalue weighted by Crippen LogP contribution is 2.41.